The lowest BCUT2D eigenvalue weighted by Crippen LogP contribution is -2.35. The standard InChI is InChI=1S/C13H27NO/c1-12(2)15-10-9-13(11-14-3)7-5-4-6-8-13/h12,14H,4-11H2,1-3H3. The number of hydrogen-bond donors (Lipinski definition) is 1. The average molecular weight is 213 g/mol. The Balaban J connectivity index is 2.34. The van der Waals surface area contributed by atoms with E-state index in [4.69, 9.17) is 4.74 Å². The van der Waals surface area contributed by atoms with Crippen molar-refractivity contribution in [2.45, 2.75) is 58.5 Å². The highest BCUT2D eigenvalue weighted by Gasteiger charge is 2.30. The molecule has 0 amide bonds. The van der Waals surface area contributed by atoms with Gasteiger partial charge in [-0.2, -0.15) is 0 Å². The fraction of sp³-hybridized carbons (Fsp3) is 1.00. The molecule has 1 aliphatic rings. The second-order valence-corrected chi connectivity index (χ2v) is 5.26. The second-order valence-electron chi connectivity index (χ2n) is 5.26. The maximum atomic E-state index is 5.69. The van der Waals surface area contributed by atoms with Gasteiger partial charge in [-0.25, -0.2) is 0 Å². The molecule has 2 heteroatoms. The topological polar surface area (TPSA) is 21.3 Å². The van der Waals surface area contributed by atoms with Crippen LogP contribution in [0, 0.1) is 5.41 Å². The number of hydrogen-bond acceptors (Lipinski definition) is 2. The van der Waals surface area contributed by atoms with Crippen LogP contribution in [0.4, 0.5) is 0 Å². The van der Waals surface area contributed by atoms with Gasteiger partial charge in [-0.3, -0.25) is 0 Å². The fourth-order valence-electron chi connectivity index (χ4n) is 2.70. The third kappa shape index (κ3) is 4.52. The van der Waals surface area contributed by atoms with Crippen molar-refractivity contribution in [2.24, 2.45) is 5.41 Å². The van der Waals surface area contributed by atoms with Crippen LogP contribution in [0.1, 0.15) is 52.4 Å². The van der Waals surface area contributed by atoms with Gasteiger partial charge in [0.25, 0.3) is 0 Å². The Bertz CT molecular complexity index is 156. The Labute approximate surface area is 94.8 Å². The molecule has 90 valence electrons. The van der Waals surface area contributed by atoms with Gasteiger partial charge < -0.3 is 10.1 Å². The molecule has 2 nitrogen and oxygen atoms in total. The van der Waals surface area contributed by atoms with Gasteiger partial charge in [0.05, 0.1) is 6.10 Å². The van der Waals surface area contributed by atoms with Gasteiger partial charge in [-0.15, -0.1) is 0 Å². The Morgan fingerprint density at radius 3 is 2.40 bits per heavy atom. The van der Waals surface area contributed by atoms with Crippen LogP contribution >= 0.6 is 0 Å². The van der Waals surface area contributed by atoms with Crippen LogP contribution in [-0.2, 0) is 4.74 Å². The Morgan fingerprint density at radius 2 is 1.87 bits per heavy atom. The van der Waals surface area contributed by atoms with E-state index in [0.29, 0.717) is 11.5 Å². The number of rotatable bonds is 6. The SMILES string of the molecule is CNCC1(CCOC(C)C)CCCCC1. The zero-order chi connectivity index (χ0) is 11.1. The van der Waals surface area contributed by atoms with E-state index in [1.54, 1.807) is 0 Å². The summed E-state index contributed by atoms with van der Waals surface area (Å²) in [5.74, 6) is 0. The van der Waals surface area contributed by atoms with Crippen LogP contribution < -0.4 is 5.32 Å². The molecule has 0 spiro atoms. The predicted octanol–water partition coefficient (Wildman–Crippen LogP) is 2.97. The summed E-state index contributed by atoms with van der Waals surface area (Å²) in [5, 5.41) is 3.36. The van der Waals surface area contributed by atoms with Crippen molar-refractivity contribution in [1.29, 1.82) is 0 Å². The van der Waals surface area contributed by atoms with Gasteiger partial charge in [-0.1, -0.05) is 19.3 Å². The van der Waals surface area contributed by atoms with Crippen LogP contribution in [-0.4, -0.2) is 26.3 Å². The van der Waals surface area contributed by atoms with Crippen LogP contribution in [0.15, 0.2) is 0 Å². The molecule has 0 atom stereocenters. The number of ether oxygens (including phenoxy) is 1. The Kier molecular flexibility index (Phi) is 5.62. The van der Waals surface area contributed by atoms with Gasteiger partial charge in [0.2, 0.25) is 0 Å². The summed E-state index contributed by atoms with van der Waals surface area (Å²) in [4.78, 5) is 0. The summed E-state index contributed by atoms with van der Waals surface area (Å²) in [7, 11) is 2.07. The van der Waals surface area contributed by atoms with Crippen LogP contribution in [0.3, 0.4) is 0 Å². The number of nitrogens with one attached hydrogen (secondary N) is 1. The molecule has 0 heterocycles. The van der Waals surface area contributed by atoms with Crippen molar-refractivity contribution < 1.29 is 4.74 Å². The van der Waals surface area contributed by atoms with Crippen molar-refractivity contribution in [3.8, 4) is 0 Å². The monoisotopic (exact) mass is 213 g/mol. The molecule has 0 radical (unpaired) electrons. The zero-order valence-corrected chi connectivity index (χ0v) is 10.6. The van der Waals surface area contributed by atoms with Crippen molar-refractivity contribution in [1.82, 2.24) is 5.32 Å². The van der Waals surface area contributed by atoms with Crippen molar-refractivity contribution in [2.75, 3.05) is 20.2 Å². The molecule has 1 fully saturated rings. The highest BCUT2D eigenvalue weighted by Crippen LogP contribution is 2.38. The minimum atomic E-state index is 0.375. The van der Waals surface area contributed by atoms with E-state index in [1.807, 2.05) is 0 Å². The van der Waals surface area contributed by atoms with E-state index in [9.17, 15) is 0 Å². The molecule has 0 aromatic heterocycles. The molecule has 0 bridgehead atoms. The minimum Gasteiger partial charge on any atom is -0.379 e. The van der Waals surface area contributed by atoms with Gasteiger partial charge in [0, 0.05) is 13.2 Å². The maximum absolute atomic E-state index is 5.69. The van der Waals surface area contributed by atoms with E-state index in [-0.39, 0.29) is 0 Å². The molecular weight excluding hydrogens is 186 g/mol. The van der Waals surface area contributed by atoms with Crippen molar-refractivity contribution >= 4 is 0 Å². The smallest absolute Gasteiger partial charge is 0.0518 e. The van der Waals surface area contributed by atoms with E-state index >= 15 is 0 Å². The lowest BCUT2D eigenvalue weighted by Gasteiger charge is -2.37. The first kappa shape index (κ1) is 13.0. The fourth-order valence-corrected chi connectivity index (χ4v) is 2.70. The third-order valence-corrected chi connectivity index (χ3v) is 3.55. The summed E-state index contributed by atoms with van der Waals surface area (Å²) in [5.41, 5.74) is 0.530. The van der Waals surface area contributed by atoms with Crippen LogP contribution in [0.5, 0.6) is 0 Å². The summed E-state index contributed by atoms with van der Waals surface area (Å²) in [6, 6.07) is 0. The molecule has 15 heavy (non-hydrogen) atoms. The first-order chi connectivity index (χ1) is 7.18. The predicted molar refractivity (Wildman–Crippen MR) is 65.1 cm³/mol. The molecule has 1 aliphatic carbocycles. The van der Waals surface area contributed by atoms with Crippen LogP contribution in [0.2, 0.25) is 0 Å². The van der Waals surface area contributed by atoms with Crippen LogP contribution in [0.25, 0.3) is 0 Å². The molecule has 1 rings (SSSR count). The third-order valence-electron chi connectivity index (χ3n) is 3.55. The normalized spacial score (nSPS) is 20.8. The molecule has 0 unspecified atom stereocenters. The lowest BCUT2D eigenvalue weighted by molar-refractivity contribution is 0.0395. The second kappa shape index (κ2) is 6.49. The van der Waals surface area contributed by atoms with E-state index in [0.717, 1.165) is 13.2 Å². The lowest BCUT2D eigenvalue weighted by atomic mass is 9.72. The van der Waals surface area contributed by atoms with Gasteiger partial charge in [0.1, 0.15) is 0 Å². The van der Waals surface area contributed by atoms with E-state index < -0.39 is 0 Å². The molecule has 0 aromatic carbocycles. The molecule has 1 N–H and O–H groups in total. The maximum Gasteiger partial charge on any atom is 0.0518 e. The zero-order valence-electron chi connectivity index (χ0n) is 10.6. The molecule has 1 saturated carbocycles. The van der Waals surface area contributed by atoms with Gasteiger partial charge >= 0.3 is 0 Å². The Morgan fingerprint density at radius 1 is 1.20 bits per heavy atom. The first-order valence-corrected chi connectivity index (χ1v) is 6.45. The summed E-state index contributed by atoms with van der Waals surface area (Å²) < 4.78 is 5.69. The van der Waals surface area contributed by atoms with E-state index in [2.05, 4.69) is 26.2 Å². The molecule has 0 saturated heterocycles. The van der Waals surface area contributed by atoms with Crippen molar-refractivity contribution in [3.63, 3.8) is 0 Å². The van der Waals surface area contributed by atoms with Gasteiger partial charge in [0.15, 0.2) is 0 Å². The first-order valence-electron chi connectivity index (χ1n) is 6.45. The van der Waals surface area contributed by atoms with Gasteiger partial charge in [-0.05, 0) is 45.6 Å². The molecule has 0 aromatic rings. The summed E-state index contributed by atoms with van der Waals surface area (Å²) in [6.07, 6.45) is 8.61. The average Bonchev–Trinajstić information content (AvgIpc) is 2.19. The highest BCUT2D eigenvalue weighted by molar-refractivity contribution is 4.84. The quantitative estimate of drug-likeness (QED) is 0.732. The summed E-state index contributed by atoms with van der Waals surface area (Å²) >= 11 is 0. The summed E-state index contributed by atoms with van der Waals surface area (Å²) in [6.45, 7) is 6.32. The minimum absolute atomic E-state index is 0.375. The Hall–Kier alpha value is -0.0800. The van der Waals surface area contributed by atoms with Crippen molar-refractivity contribution in [3.05, 3.63) is 0 Å². The molecular formula is C13H27NO. The largest absolute Gasteiger partial charge is 0.379 e. The molecule has 0 aliphatic heterocycles. The highest BCUT2D eigenvalue weighted by atomic mass is 16.5. The van der Waals surface area contributed by atoms with E-state index in [1.165, 1.54) is 38.5 Å².